The minimum atomic E-state index is -0.0146. The number of rotatable bonds is 2. The maximum Gasteiger partial charge on any atom is 0.0580 e. The average Bonchev–Trinajstić information content (AvgIpc) is 2.24. The number of likely N-dealkylation sites (tertiary alicyclic amines) is 1. The monoisotopic (exact) mass is 225 g/mol. The van der Waals surface area contributed by atoms with E-state index in [1.54, 1.807) is 0 Å². The summed E-state index contributed by atoms with van der Waals surface area (Å²) < 4.78 is 0. The highest BCUT2D eigenvalue weighted by Gasteiger charge is 2.24. The van der Waals surface area contributed by atoms with Crippen LogP contribution in [0.2, 0.25) is 0 Å². The first-order chi connectivity index (χ1) is 7.86. The Bertz CT molecular complexity index is 187. The molecule has 0 spiro atoms. The van der Waals surface area contributed by atoms with Crippen LogP contribution in [0.15, 0.2) is 0 Å². The van der Waals surface area contributed by atoms with Gasteiger partial charge in [-0.25, -0.2) is 0 Å². The zero-order valence-electron chi connectivity index (χ0n) is 10.5. The van der Waals surface area contributed by atoms with E-state index < -0.39 is 0 Å². The number of hydrogen-bond donors (Lipinski definition) is 1. The molecular formula is C14H27NO. The standard InChI is InChI=1S/C14H27NO/c16-14-9-5-4-8-13(14)12-15-10-6-2-1-3-7-11-15/h13-14,16H,1-12H2. The molecule has 1 aliphatic carbocycles. The summed E-state index contributed by atoms with van der Waals surface area (Å²) in [5.41, 5.74) is 0. The van der Waals surface area contributed by atoms with E-state index in [1.165, 1.54) is 64.5 Å². The molecule has 1 aliphatic heterocycles. The second kappa shape index (κ2) is 6.61. The van der Waals surface area contributed by atoms with E-state index in [0.717, 1.165) is 13.0 Å². The van der Waals surface area contributed by atoms with Gasteiger partial charge >= 0.3 is 0 Å². The van der Waals surface area contributed by atoms with Gasteiger partial charge in [-0.3, -0.25) is 0 Å². The zero-order valence-corrected chi connectivity index (χ0v) is 10.5. The highest BCUT2D eigenvalue weighted by Crippen LogP contribution is 2.25. The van der Waals surface area contributed by atoms with Crippen molar-refractivity contribution >= 4 is 0 Å². The number of aliphatic hydroxyl groups excluding tert-OH is 1. The van der Waals surface area contributed by atoms with Gasteiger partial charge in [-0.15, -0.1) is 0 Å². The van der Waals surface area contributed by atoms with Gasteiger partial charge in [-0.2, -0.15) is 0 Å². The van der Waals surface area contributed by atoms with Gasteiger partial charge in [0.05, 0.1) is 6.10 Å². The summed E-state index contributed by atoms with van der Waals surface area (Å²) in [6.07, 6.45) is 11.8. The molecule has 0 amide bonds. The lowest BCUT2D eigenvalue weighted by molar-refractivity contribution is 0.0448. The third-order valence-corrected chi connectivity index (χ3v) is 4.31. The van der Waals surface area contributed by atoms with E-state index >= 15 is 0 Å². The zero-order chi connectivity index (χ0) is 11.2. The quantitative estimate of drug-likeness (QED) is 0.781. The Morgan fingerprint density at radius 1 is 0.812 bits per heavy atom. The van der Waals surface area contributed by atoms with Crippen LogP contribution in [-0.4, -0.2) is 35.7 Å². The highest BCUT2D eigenvalue weighted by atomic mass is 16.3. The van der Waals surface area contributed by atoms with Crippen LogP contribution >= 0.6 is 0 Å². The smallest absolute Gasteiger partial charge is 0.0580 e. The number of hydrogen-bond acceptors (Lipinski definition) is 2. The van der Waals surface area contributed by atoms with E-state index in [4.69, 9.17) is 0 Å². The van der Waals surface area contributed by atoms with E-state index in [-0.39, 0.29) is 6.10 Å². The van der Waals surface area contributed by atoms with E-state index in [1.807, 2.05) is 0 Å². The van der Waals surface area contributed by atoms with Gasteiger partial charge in [0.2, 0.25) is 0 Å². The molecule has 2 unspecified atom stereocenters. The molecule has 1 heterocycles. The molecule has 2 aliphatic rings. The second-order valence-electron chi connectivity index (χ2n) is 5.68. The Kier molecular flexibility index (Phi) is 5.11. The van der Waals surface area contributed by atoms with Crippen molar-refractivity contribution in [1.82, 2.24) is 4.90 Å². The molecule has 0 aromatic rings. The van der Waals surface area contributed by atoms with Gasteiger partial charge < -0.3 is 10.0 Å². The topological polar surface area (TPSA) is 23.5 Å². The second-order valence-corrected chi connectivity index (χ2v) is 5.68. The van der Waals surface area contributed by atoms with Crippen molar-refractivity contribution in [3.05, 3.63) is 0 Å². The molecule has 1 N–H and O–H groups in total. The Balaban J connectivity index is 1.77. The van der Waals surface area contributed by atoms with Crippen molar-refractivity contribution in [3.63, 3.8) is 0 Å². The summed E-state index contributed by atoms with van der Waals surface area (Å²) in [6, 6.07) is 0. The highest BCUT2D eigenvalue weighted by molar-refractivity contribution is 4.78. The first kappa shape index (κ1) is 12.4. The Labute approximate surface area is 100 Å². The lowest BCUT2D eigenvalue weighted by atomic mass is 9.86. The fourth-order valence-corrected chi connectivity index (χ4v) is 3.23. The first-order valence-electron chi connectivity index (χ1n) is 7.26. The largest absolute Gasteiger partial charge is 0.393 e. The van der Waals surface area contributed by atoms with E-state index in [0.29, 0.717) is 5.92 Å². The van der Waals surface area contributed by atoms with Crippen molar-refractivity contribution in [1.29, 1.82) is 0 Å². The predicted molar refractivity (Wildman–Crippen MR) is 67.5 cm³/mol. The van der Waals surface area contributed by atoms with E-state index in [2.05, 4.69) is 4.90 Å². The Morgan fingerprint density at radius 2 is 1.44 bits per heavy atom. The molecule has 2 atom stereocenters. The van der Waals surface area contributed by atoms with Crippen LogP contribution in [0.5, 0.6) is 0 Å². The molecule has 0 bridgehead atoms. The molecule has 1 saturated heterocycles. The molecule has 0 aromatic heterocycles. The summed E-state index contributed by atoms with van der Waals surface area (Å²) in [5.74, 6) is 0.563. The summed E-state index contributed by atoms with van der Waals surface area (Å²) >= 11 is 0. The lowest BCUT2D eigenvalue weighted by Gasteiger charge is -2.33. The molecule has 94 valence electrons. The van der Waals surface area contributed by atoms with Gasteiger partial charge in [-0.1, -0.05) is 32.1 Å². The van der Waals surface area contributed by atoms with Crippen LogP contribution in [0.25, 0.3) is 0 Å². The molecule has 2 rings (SSSR count). The number of nitrogens with zero attached hydrogens (tertiary/aromatic N) is 1. The molecule has 2 nitrogen and oxygen atoms in total. The van der Waals surface area contributed by atoms with Crippen LogP contribution in [-0.2, 0) is 0 Å². The number of aliphatic hydroxyl groups is 1. The summed E-state index contributed by atoms with van der Waals surface area (Å²) in [7, 11) is 0. The van der Waals surface area contributed by atoms with Crippen LogP contribution in [0.4, 0.5) is 0 Å². The molecule has 1 saturated carbocycles. The third-order valence-electron chi connectivity index (χ3n) is 4.31. The fourth-order valence-electron chi connectivity index (χ4n) is 3.23. The van der Waals surface area contributed by atoms with Gasteiger partial charge in [0.15, 0.2) is 0 Å². The van der Waals surface area contributed by atoms with Crippen molar-refractivity contribution in [2.75, 3.05) is 19.6 Å². The minimum Gasteiger partial charge on any atom is -0.393 e. The maximum absolute atomic E-state index is 10.00. The molecule has 0 aromatic carbocycles. The fraction of sp³-hybridized carbons (Fsp3) is 1.00. The van der Waals surface area contributed by atoms with Crippen LogP contribution in [0, 0.1) is 5.92 Å². The normalized spacial score (nSPS) is 34.3. The van der Waals surface area contributed by atoms with Crippen molar-refractivity contribution < 1.29 is 5.11 Å². The van der Waals surface area contributed by atoms with Crippen molar-refractivity contribution in [2.45, 2.75) is 63.9 Å². The summed E-state index contributed by atoms with van der Waals surface area (Å²) in [6.45, 7) is 3.69. The Morgan fingerprint density at radius 3 is 2.12 bits per heavy atom. The third kappa shape index (κ3) is 3.74. The van der Waals surface area contributed by atoms with Gasteiger partial charge in [0.25, 0.3) is 0 Å². The molecule has 16 heavy (non-hydrogen) atoms. The van der Waals surface area contributed by atoms with Crippen molar-refractivity contribution in [3.8, 4) is 0 Å². The van der Waals surface area contributed by atoms with Crippen LogP contribution in [0.1, 0.15) is 57.8 Å². The molecule has 0 radical (unpaired) electrons. The van der Waals surface area contributed by atoms with Crippen LogP contribution in [0.3, 0.4) is 0 Å². The van der Waals surface area contributed by atoms with Gasteiger partial charge in [0, 0.05) is 6.54 Å². The predicted octanol–water partition coefficient (Wildman–Crippen LogP) is 2.80. The molecular weight excluding hydrogens is 198 g/mol. The van der Waals surface area contributed by atoms with Crippen LogP contribution < -0.4 is 0 Å². The minimum absolute atomic E-state index is 0.0146. The first-order valence-corrected chi connectivity index (χ1v) is 7.26. The Hall–Kier alpha value is -0.0800. The van der Waals surface area contributed by atoms with Gasteiger partial charge in [-0.05, 0) is 44.7 Å². The molecule has 2 heteroatoms. The van der Waals surface area contributed by atoms with Crippen molar-refractivity contribution in [2.24, 2.45) is 5.92 Å². The summed E-state index contributed by atoms with van der Waals surface area (Å²) in [4.78, 5) is 2.61. The van der Waals surface area contributed by atoms with Gasteiger partial charge in [0.1, 0.15) is 0 Å². The molecule has 2 fully saturated rings. The maximum atomic E-state index is 10.00. The lowest BCUT2D eigenvalue weighted by Crippen LogP contribution is -2.38. The average molecular weight is 225 g/mol. The summed E-state index contributed by atoms with van der Waals surface area (Å²) in [5, 5.41) is 10.00. The SMILES string of the molecule is OC1CCCCC1CN1CCCCCCC1. The van der Waals surface area contributed by atoms with E-state index in [9.17, 15) is 5.11 Å².